The molecule has 0 aliphatic carbocycles. The van der Waals surface area contributed by atoms with Gasteiger partial charge in [0.15, 0.2) is 0 Å². The van der Waals surface area contributed by atoms with Gasteiger partial charge in [0, 0.05) is 19.0 Å². The van der Waals surface area contributed by atoms with Gasteiger partial charge in [0.1, 0.15) is 5.60 Å². The molecule has 3 heteroatoms. The van der Waals surface area contributed by atoms with Crippen LogP contribution in [0.3, 0.4) is 0 Å². The summed E-state index contributed by atoms with van der Waals surface area (Å²) in [7, 11) is 0. The van der Waals surface area contributed by atoms with Gasteiger partial charge in [0.25, 0.3) is 0 Å². The van der Waals surface area contributed by atoms with E-state index in [1.807, 2.05) is 26.8 Å². The lowest BCUT2D eigenvalue weighted by atomic mass is 9.86. The number of hydrogen-bond acceptors (Lipinski definition) is 2. The average molecular weight is 287 g/mol. The second-order valence-corrected chi connectivity index (χ2v) is 6.68. The van der Waals surface area contributed by atoms with Crippen LogP contribution in [0.25, 0.3) is 0 Å². The Morgan fingerprint density at radius 1 is 1.29 bits per heavy atom. The molecule has 21 heavy (non-hydrogen) atoms. The average Bonchev–Trinajstić information content (AvgIpc) is 2.46. The molecule has 2 atom stereocenters. The number of ether oxygens (including phenoxy) is 1. The smallest absolute Gasteiger partial charge is 0.410 e. The van der Waals surface area contributed by atoms with Crippen molar-refractivity contribution >= 4 is 6.09 Å². The molecule has 0 aromatic heterocycles. The summed E-state index contributed by atoms with van der Waals surface area (Å²) in [6.45, 7) is 9.25. The van der Waals surface area contributed by atoms with E-state index >= 15 is 0 Å². The maximum absolute atomic E-state index is 12.2. The monoisotopic (exact) mass is 287 g/mol. The number of rotatable bonds is 2. The van der Waals surface area contributed by atoms with Gasteiger partial charge in [-0.1, -0.05) is 49.4 Å². The fraction of sp³-hybridized carbons (Fsp3) is 0.500. The zero-order chi connectivity index (χ0) is 15.5. The fourth-order valence-electron chi connectivity index (χ4n) is 2.56. The van der Waals surface area contributed by atoms with E-state index in [0.29, 0.717) is 24.9 Å². The Hall–Kier alpha value is -1.77. The number of benzene rings is 1. The number of hydrogen-bond donors (Lipinski definition) is 0. The summed E-state index contributed by atoms with van der Waals surface area (Å²) < 4.78 is 5.46. The van der Waals surface area contributed by atoms with Crippen LogP contribution in [-0.4, -0.2) is 29.7 Å². The number of carbonyl (C=O) groups excluding carboxylic acids is 1. The van der Waals surface area contributed by atoms with Gasteiger partial charge in [-0.25, -0.2) is 4.79 Å². The maximum atomic E-state index is 12.2. The van der Waals surface area contributed by atoms with Crippen LogP contribution in [0.1, 0.15) is 39.2 Å². The van der Waals surface area contributed by atoms with Crippen LogP contribution in [0.4, 0.5) is 4.79 Å². The Morgan fingerprint density at radius 2 is 1.95 bits per heavy atom. The minimum atomic E-state index is -0.446. The summed E-state index contributed by atoms with van der Waals surface area (Å²) in [5.74, 6) is 0.710. The number of amides is 1. The molecule has 0 saturated carbocycles. The zero-order valence-electron chi connectivity index (χ0n) is 13.4. The summed E-state index contributed by atoms with van der Waals surface area (Å²) in [4.78, 5) is 14.0. The first-order valence-electron chi connectivity index (χ1n) is 7.56. The fourth-order valence-corrected chi connectivity index (χ4v) is 2.56. The molecule has 0 fully saturated rings. The summed E-state index contributed by atoms with van der Waals surface area (Å²) >= 11 is 0. The Bertz CT molecular complexity index is 502. The first-order chi connectivity index (χ1) is 9.87. The first kappa shape index (κ1) is 15.6. The molecule has 1 aromatic carbocycles. The molecule has 2 rings (SSSR count). The van der Waals surface area contributed by atoms with E-state index in [4.69, 9.17) is 4.74 Å². The van der Waals surface area contributed by atoms with Gasteiger partial charge < -0.3 is 9.64 Å². The van der Waals surface area contributed by atoms with Gasteiger partial charge in [-0.3, -0.25) is 0 Å². The van der Waals surface area contributed by atoms with E-state index in [0.717, 1.165) is 0 Å². The van der Waals surface area contributed by atoms with Gasteiger partial charge in [-0.05, 0) is 32.3 Å². The number of nitrogens with zero attached hydrogens (tertiary/aromatic N) is 1. The minimum absolute atomic E-state index is 0.225. The summed E-state index contributed by atoms with van der Waals surface area (Å²) in [6.07, 6.45) is 4.06. The van der Waals surface area contributed by atoms with Gasteiger partial charge in [0.2, 0.25) is 0 Å². The standard InChI is InChI=1S/C18H25NO2/c1-14(15-9-6-5-7-10-15)16-11-8-12-19(13-16)17(20)21-18(2,3)4/h5-11,14,16H,12-13H2,1-4H3. The van der Waals surface area contributed by atoms with Crippen LogP contribution in [-0.2, 0) is 4.74 Å². The second-order valence-electron chi connectivity index (χ2n) is 6.68. The van der Waals surface area contributed by atoms with Crippen molar-refractivity contribution in [2.24, 2.45) is 5.92 Å². The van der Waals surface area contributed by atoms with Gasteiger partial charge in [-0.15, -0.1) is 0 Å². The lowest BCUT2D eigenvalue weighted by molar-refractivity contribution is 0.0239. The normalized spacial score (nSPS) is 20.2. The quantitative estimate of drug-likeness (QED) is 0.762. The van der Waals surface area contributed by atoms with E-state index in [1.54, 1.807) is 4.90 Å². The summed E-state index contributed by atoms with van der Waals surface area (Å²) in [6, 6.07) is 10.4. The molecule has 1 aliphatic rings. The molecule has 0 radical (unpaired) electrons. The van der Waals surface area contributed by atoms with E-state index in [9.17, 15) is 4.79 Å². The molecule has 0 bridgehead atoms. The van der Waals surface area contributed by atoms with E-state index < -0.39 is 5.60 Å². The topological polar surface area (TPSA) is 29.5 Å². The van der Waals surface area contributed by atoms with Crippen molar-refractivity contribution in [3.8, 4) is 0 Å². The molecule has 1 aliphatic heterocycles. The highest BCUT2D eigenvalue weighted by molar-refractivity contribution is 5.68. The zero-order valence-corrected chi connectivity index (χ0v) is 13.4. The Morgan fingerprint density at radius 3 is 2.57 bits per heavy atom. The Balaban J connectivity index is 2.03. The minimum Gasteiger partial charge on any atom is -0.444 e. The largest absolute Gasteiger partial charge is 0.444 e. The van der Waals surface area contributed by atoms with Gasteiger partial charge >= 0.3 is 6.09 Å². The molecule has 1 heterocycles. The lowest BCUT2D eigenvalue weighted by Crippen LogP contribution is -2.42. The predicted molar refractivity (Wildman–Crippen MR) is 85.3 cm³/mol. The third-order valence-electron chi connectivity index (χ3n) is 3.76. The molecule has 114 valence electrons. The molecular formula is C18H25NO2. The first-order valence-corrected chi connectivity index (χ1v) is 7.56. The van der Waals surface area contributed by atoms with Crippen molar-refractivity contribution in [2.75, 3.05) is 13.1 Å². The van der Waals surface area contributed by atoms with E-state index in [1.165, 1.54) is 5.56 Å². The second kappa shape index (κ2) is 6.33. The van der Waals surface area contributed by atoms with Crippen molar-refractivity contribution in [3.05, 3.63) is 48.0 Å². The van der Waals surface area contributed by atoms with Crippen LogP contribution in [0.2, 0.25) is 0 Å². The Labute approximate surface area is 127 Å². The molecule has 1 aromatic rings. The molecule has 0 saturated heterocycles. The Kier molecular flexibility index (Phi) is 4.71. The summed E-state index contributed by atoms with van der Waals surface area (Å²) in [5, 5.41) is 0. The predicted octanol–water partition coefficient (Wildman–Crippen LogP) is 4.21. The highest BCUT2D eigenvalue weighted by Crippen LogP contribution is 2.28. The molecule has 0 N–H and O–H groups in total. The van der Waals surface area contributed by atoms with Crippen LogP contribution in [0.15, 0.2) is 42.5 Å². The van der Waals surface area contributed by atoms with Gasteiger partial charge in [0.05, 0.1) is 0 Å². The van der Waals surface area contributed by atoms with Crippen molar-refractivity contribution in [3.63, 3.8) is 0 Å². The molecule has 0 spiro atoms. The molecule has 2 unspecified atom stereocenters. The van der Waals surface area contributed by atoms with E-state index in [-0.39, 0.29) is 6.09 Å². The van der Waals surface area contributed by atoms with Crippen molar-refractivity contribution in [2.45, 2.75) is 39.2 Å². The van der Waals surface area contributed by atoms with Crippen LogP contribution >= 0.6 is 0 Å². The van der Waals surface area contributed by atoms with Crippen molar-refractivity contribution < 1.29 is 9.53 Å². The van der Waals surface area contributed by atoms with E-state index in [2.05, 4.69) is 43.3 Å². The summed E-state index contributed by atoms with van der Waals surface area (Å²) in [5.41, 5.74) is 0.858. The third kappa shape index (κ3) is 4.35. The number of carbonyl (C=O) groups is 1. The molecule has 1 amide bonds. The van der Waals surface area contributed by atoms with Crippen LogP contribution in [0, 0.1) is 5.92 Å². The van der Waals surface area contributed by atoms with Crippen molar-refractivity contribution in [1.29, 1.82) is 0 Å². The lowest BCUT2D eigenvalue weighted by Gasteiger charge is -2.33. The highest BCUT2D eigenvalue weighted by Gasteiger charge is 2.28. The van der Waals surface area contributed by atoms with Gasteiger partial charge in [-0.2, -0.15) is 0 Å². The SMILES string of the molecule is CC(c1ccccc1)C1C=CCN(C(=O)OC(C)(C)C)C1. The van der Waals surface area contributed by atoms with Crippen LogP contribution < -0.4 is 0 Å². The van der Waals surface area contributed by atoms with Crippen LogP contribution in [0.5, 0.6) is 0 Å². The molecule has 3 nitrogen and oxygen atoms in total. The maximum Gasteiger partial charge on any atom is 0.410 e. The molecular weight excluding hydrogens is 262 g/mol. The van der Waals surface area contributed by atoms with Crippen molar-refractivity contribution in [1.82, 2.24) is 4.90 Å². The highest BCUT2D eigenvalue weighted by atomic mass is 16.6. The third-order valence-corrected chi connectivity index (χ3v) is 3.76.